The van der Waals surface area contributed by atoms with Crippen LogP contribution < -0.4 is 19.8 Å². The van der Waals surface area contributed by atoms with Crippen LogP contribution in [-0.4, -0.2) is 34.6 Å². The number of thiazole rings is 1. The lowest BCUT2D eigenvalue weighted by atomic mass is 9.68. The number of halogens is 6. The van der Waals surface area contributed by atoms with Gasteiger partial charge in [0, 0.05) is 16.0 Å². The van der Waals surface area contributed by atoms with E-state index in [9.17, 15) is 45.5 Å². The van der Waals surface area contributed by atoms with Crippen LogP contribution in [0.3, 0.4) is 0 Å². The van der Waals surface area contributed by atoms with Crippen LogP contribution in [0.1, 0.15) is 33.9 Å². The molecule has 1 aromatic heterocycles. The van der Waals surface area contributed by atoms with Crippen molar-refractivity contribution in [3.05, 3.63) is 104 Å². The number of carbonyl (C=O) groups is 3. The van der Waals surface area contributed by atoms with E-state index in [4.69, 9.17) is 4.74 Å². The van der Waals surface area contributed by atoms with Crippen LogP contribution >= 0.6 is 23.1 Å². The lowest BCUT2D eigenvalue weighted by Crippen LogP contribution is -2.42. The molecule has 4 aliphatic rings. The Bertz CT molecular complexity index is 2130. The Balaban J connectivity index is 1.05. The van der Waals surface area contributed by atoms with Crippen LogP contribution in [0.4, 0.5) is 37.7 Å². The third-order valence-corrected chi connectivity index (χ3v) is 12.9. The van der Waals surface area contributed by atoms with Crippen LogP contribution in [0.25, 0.3) is 0 Å². The molecule has 3 heterocycles. The summed E-state index contributed by atoms with van der Waals surface area (Å²) in [5.41, 5.74) is -2.17. The molecule has 3 fully saturated rings. The van der Waals surface area contributed by atoms with Gasteiger partial charge < -0.3 is 15.0 Å². The minimum Gasteiger partial charge on any atom is -0.484 e. The maximum Gasteiger partial charge on any atom is 0.418 e. The molecule has 2 aliphatic carbocycles. The van der Waals surface area contributed by atoms with Gasteiger partial charge in [-0.1, -0.05) is 47.7 Å². The van der Waals surface area contributed by atoms with Gasteiger partial charge in [-0.3, -0.25) is 19.2 Å². The highest BCUT2D eigenvalue weighted by molar-refractivity contribution is 8.00. The molecule has 8 nitrogen and oxygen atoms in total. The Morgan fingerprint density at radius 2 is 1.47 bits per heavy atom. The number of amides is 3. The smallest absolute Gasteiger partial charge is 0.418 e. The molecule has 0 spiro atoms. The lowest BCUT2D eigenvalue weighted by molar-refractivity contribution is -0.138. The maximum atomic E-state index is 14.0. The molecule has 264 valence electrons. The highest BCUT2D eigenvalue weighted by Crippen LogP contribution is 2.69. The molecule has 2 saturated carbocycles. The zero-order valence-electron chi connectivity index (χ0n) is 26.0. The van der Waals surface area contributed by atoms with Crippen LogP contribution in [0.2, 0.25) is 0 Å². The Morgan fingerprint density at radius 1 is 0.843 bits per heavy atom. The largest absolute Gasteiger partial charge is 0.484 e. The Morgan fingerprint density at radius 3 is 2.16 bits per heavy atom. The highest BCUT2D eigenvalue weighted by Gasteiger charge is 2.70. The minimum atomic E-state index is -4.78. The van der Waals surface area contributed by atoms with Crippen LogP contribution in [0.15, 0.2) is 82.6 Å². The Kier molecular flexibility index (Phi) is 7.90. The normalized spacial score (nSPS) is 26.5. The summed E-state index contributed by atoms with van der Waals surface area (Å²) in [5, 5.41) is 2.67. The predicted octanol–water partition coefficient (Wildman–Crippen LogP) is 7.17. The number of fused-ring (bicyclic) bond motifs is 9. The molecule has 3 amide bonds. The molecule has 0 radical (unpaired) electrons. The lowest BCUT2D eigenvalue weighted by Gasteiger charge is -2.43. The first-order chi connectivity index (χ1) is 24.2. The topological polar surface area (TPSA) is 109 Å². The first kappa shape index (κ1) is 33.6. The molecular weight excluding hydrogens is 721 g/mol. The molecule has 16 heteroatoms. The monoisotopic (exact) mass is 745 g/mol. The summed E-state index contributed by atoms with van der Waals surface area (Å²) in [4.78, 5) is 56.9. The molecule has 8 rings (SSSR count). The van der Waals surface area contributed by atoms with Crippen LogP contribution in [-0.2, 0) is 26.7 Å². The van der Waals surface area contributed by atoms with Crippen molar-refractivity contribution >= 4 is 52.2 Å². The van der Waals surface area contributed by atoms with Gasteiger partial charge in [-0.2, -0.15) is 26.3 Å². The van der Waals surface area contributed by atoms with Crippen molar-refractivity contribution in [3.63, 3.8) is 0 Å². The summed E-state index contributed by atoms with van der Waals surface area (Å²) in [6.07, 6.45) is -8.91. The van der Waals surface area contributed by atoms with E-state index in [0.29, 0.717) is 11.4 Å². The number of alkyl halides is 6. The molecule has 4 aromatic rings. The van der Waals surface area contributed by atoms with Gasteiger partial charge in [0.1, 0.15) is 5.75 Å². The van der Waals surface area contributed by atoms with Gasteiger partial charge in [-0.15, -0.1) is 11.8 Å². The molecule has 2 aliphatic heterocycles. The average Bonchev–Trinajstić information content (AvgIpc) is 3.82. The van der Waals surface area contributed by atoms with Crippen molar-refractivity contribution in [3.8, 4) is 5.75 Å². The second-order valence-corrected chi connectivity index (χ2v) is 15.1. The van der Waals surface area contributed by atoms with E-state index in [1.54, 1.807) is 24.3 Å². The zero-order valence-corrected chi connectivity index (χ0v) is 27.6. The summed E-state index contributed by atoms with van der Waals surface area (Å²) in [7, 11) is 0. The second-order valence-electron chi connectivity index (χ2n) is 12.9. The van der Waals surface area contributed by atoms with E-state index >= 15 is 0 Å². The Hall–Kier alpha value is -4.57. The number of aromatic nitrogens is 1. The number of thioether (sulfide) groups is 1. The van der Waals surface area contributed by atoms with Crippen LogP contribution in [0, 0.1) is 29.6 Å². The molecule has 7 atom stereocenters. The quantitative estimate of drug-likeness (QED) is 0.160. The van der Waals surface area contributed by atoms with E-state index in [-0.39, 0.29) is 39.5 Å². The number of para-hydroxylation sites is 2. The number of imide groups is 1. The van der Waals surface area contributed by atoms with E-state index < -0.39 is 71.0 Å². The number of nitrogens with zero attached hydrogens (tertiary/aromatic N) is 1. The van der Waals surface area contributed by atoms with Crippen molar-refractivity contribution in [2.45, 2.75) is 35.0 Å². The van der Waals surface area contributed by atoms with Crippen LogP contribution in [0.5, 0.6) is 5.75 Å². The number of ether oxygens (including phenoxy) is 1. The molecule has 3 aromatic carbocycles. The van der Waals surface area contributed by atoms with Crippen molar-refractivity contribution in [1.82, 2.24) is 4.98 Å². The van der Waals surface area contributed by atoms with E-state index in [2.05, 4.69) is 10.3 Å². The van der Waals surface area contributed by atoms with E-state index in [1.165, 1.54) is 36.0 Å². The van der Waals surface area contributed by atoms with Crippen molar-refractivity contribution in [1.29, 1.82) is 0 Å². The average molecular weight is 746 g/mol. The number of H-pyrrole nitrogens is 1. The standard InChI is InChI=1S/C35H25F6N3O5S2/c36-34(37,38)19-5-1-3-7-21(19)42-23(45)14-49-16-11-9-15(10-12-16)24-25-17-13-18(28(25)50-30-29(24)51-33(48)43-30)27-26(17)31(46)44(32(27)47)22-8-4-2-6-20(22)35(39,40)41/h1-12,17-18,24-28H,13-14H2,(H,42,45)(H,43,48)/t17-,18-,24-,25?,26?,27?,28?/m1/s1. The Labute approximate surface area is 293 Å². The summed E-state index contributed by atoms with van der Waals surface area (Å²) < 4.78 is 87.4. The fourth-order valence-corrected chi connectivity index (χ4v) is 11.4. The summed E-state index contributed by atoms with van der Waals surface area (Å²) in [6, 6.07) is 15.8. The maximum absolute atomic E-state index is 14.0. The van der Waals surface area contributed by atoms with Crippen molar-refractivity contribution < 1.29 is 45.5 Å². The predicted molar refractivity (Wildman–Crippen MR) is 174 cm³/mol. The number of benzene rings is 3. The number of hydrogen-bond donors (Lipinski definition) is 2. The number of hydrogen-bond acceptors (Lipinski definition) is 7. The molecular formula is C35H25F6N3O5S2. The van der Waals surface area contributed by atoms with Gasteiger partial charge in [0.15, 0.2) is 6.61 Å². The van der Waals surface area contributed by atoms with Gasteiger partial charge in [-0.25, -0.2) is 4.90 Å². The number of rotatable bonds is 6. The van der Waals surface area contributed by atoms with E-state index in [1.807, 2.05) is 0 Å². The van der Waals surface area contributed by atoms with Gasteiger partial charge in [0.05, 0.1) is 39.4 Å². The SMILES string of the molecule is O=C(COc1ccc([C@H]2c3sc(=O)[nH]c3SC3C2[C@H]2C[C@@H]3C3C(=O)N(c4ccccc4C(F)(F)F)C(=O)C32)cc1)Nc1ccccc1C(F)(F)F. The molecule has 2 bridgehead atoms. The third-order valence-electron chi connectivity index (χ3n) is 10.3. The number of carbonyl (C=O) groups excluding carboxylic acids is 3. The fourth-order valence-electron chi connectivity index (χ4n) is 8.48. The first-order valence-electron chi connectivity index (χ1n) is 15.8. The van der Waals surface area contributed by atoms with Gasteiger partial charge in [-0.05, 0) is 66.1 Å². The molecule has 4 unspecified atom stereocenters. The van der Waals surface area contributed by atoms with Crippen molar-refractivity contribution in [2.24, 2.45) is 29.6 Å². The molecule has 2 N–H and O–H groups in total. The minimum absolute atomic E-state index is 0.201. The third kappa shape index (κ3) is 5.53. The van der Waals surface area contributed by atoms with Gasteiger partial charge in [0.25, 0.3) is 5.91 Å². The second kappa shape index (κ2) is 12.0. The van der Waals surface area contributed by atoms with Gasteiger partial charge in [0.2, 0.25) is 11.8 Å². The summed E-state index contributed by atoms with van der Waals surface area (Å²) in [6.45, 7) is -0.573. The first-order valence-corrected chi connectivity index (χ1v) is 17.5. The van der Waals surface area contributed by atoms with Crippen molar-refractivity contribution in [2.75, 3.05) is 16.8 Å². The number of nitrogens with one attached hydrogen (secondary N) is 2. The molecule has 51 heavy (non-hydrogen) atoms. The fraction of sp³-hybridized carbons (Fsp3) is 0.314. The van der Waals surface area contributed by atoms with Gasteiger partial charge >= 0.3 is 17.2 Å². The summed E-state index contributed by atoms with van der Waals surface area (Å²) in [5.74, 6) is -4.68. The summed E-state index contributed by atoms with van der Waals surface area (Å²) >= 11 is 2.47. The molecule has 1 saturated heterocycles. The highest BCUT2D eigenvalue weighted by atomic mass is 32.2. The zero-order chi connectivity index (χ0) is 36.0. The number of aromatic amines is 1. The number of anilines is 2. The van der Waals surface area contributed by atoms with E-state index in [0.717, 1.165) is 50.9 Å².